The highest BCUT2D eigenvalue weighted by atomic mass is 16.3. The maximum Gasteiger partial charge on any atom is 0.138 e. The predicted molar refractivity (Wildman–Crippen MR) is 61.5 cm³/mol. The molecular formula is C12H16N2O. The SMILES string of the molecule is CCNCc1coc2c(CN)cccc12. The smallest absolute Gasteiger partial charge is 0.138 e. The van der Waals surface area contributed by atoms with Gasteiger partial charge in [0.25, 0.3) is 0 Å². The van der Waals surface area contributed by atoms with Crippen LogP contribution in [0, 0.1) is 0 Å². The highest BCUT2D eigenvalue weighted by molar-refractivity contribution is 5.83. The van der Waals surface area contributed by atoms with E-state index in [1.807, 2.05) is 18.4 Å². The number of hydrogen-bond donors (Lipinski definition) is 2. The van der Waals surface area contributed by atoms with E-state index in [0.29, 0.717) is 6.54 Å². The predicted octanol–water partition coefficient (Wildman–Crippen LogP) is 2.00. The lowest BCUT2D eigenvalue weighted by Crippen LogP contribution is -2.11. The molecule has 2 rings (SSSR count). The van der Waals surface area contributed by atoms with Crippen LogP contribution in [0.15, 0.2) is 28.9 Å². The molecule has 3 heteroatoms. The maximum atomic E-state index is 5.65. The Hall–Kier alpha value is -1.32. The van der Waals surface area contributed by atoms with Crippen LogP contribution in [-0.4, -0.2) is 6.54 Å². The van der Waals surface area contributed by atoms with Gasteiger partial charge >= 0.3 is 0 Å². The van der Waals surface area contributed by atoms with Crippen LogP contribution >= 0.6 is 0 Å². The summed E-state index contributed by atoms with van der Waals surface area (Å²) in [5, 5.41) is 4.45. The van der Waals surface area contributed by atoms with E-state index in [4.69, 9.17) is 10.2 Å². The number of furan rings is 1. The van der Waals surface area contributed by atoms with Gasteiger partial charge in [-0.1, -0.05) is 25.1 Å². The molecule has 1 heterocycles. The second-order valence-corrected chi connectivity index (χ2v) is 3.54. The summed E-state index contributed by atoms with van der Waals surface area (Å²) in [5.74, 6) is 0. The van der Waals surface area contributed by atoms with Crippen LogP contribution in [0.3, 0.4) is 0 Å². The third-order valence-electron chi connectivity index (χ3n) is 2.55. The molecule has 0 atom stereocenters. The van der Waals surface area contributed by atoms with E-state index < -0.39 is 0 Å². The summed E-state index contributed by atoms with van der Waals surface area (Å²) in [7, 11) is 0. The molecule has 0 unspecified atom stereocenters. The van der Waals surface area contributed by atoms with Crippen molar-refractivity contribution in [2.45, 2.75) is 20.0 Å². The van der Waals surface area contributed by atoms with Crippen LogP contribution in [0.4, 0.5) is 0 Å². The van der Waals surface area contributed by atoms with Crippen molar-refractivity contribution in [2.24, 2.45) is 5.73 Å². The molecule has 0 bridgehead atoms. The minimum atomic E-state index is 0.519. The Morgan fingerprint density at radius 2 is 2.20 bits per heavy atom. The first-order valence-electron chi connectivity index (χ1n) is 5.25. The van der Waals surface area contributed by atoms with Gasteiger partial charge in [-0.2, -0.15) is 0 Å². The average Bonchev–Trinajstić information content (AvgIpc) is 2.69. The van der Waals surface area contributed by atoms with Crippen molar-refractivity contribution in [2.75, 3.05) is 6.54 Å². The first-order valence-corrected chi connectivity index (χ1v) is 5.25. The summed E-state index contributed by atoms with van der Waals surface area (Å²) in [4.78, 5) is 0. The topological polar surface area (TPSA) is 51.2 Å². The first kappa shape index (κ1) is 10.2. The van der Waals surface area contributed by atoms with Crippen molar-refractivity contribution in [3.63, 3.8) is 0 Å². The molecule has 1 aromatic carbocycles. The van der Waals surface area contributed by atoms with Crippen molar-refractivity contribution in [3.05, 3.63) is 35.6 Å². The fourth-order valence-corrected chi connectivity index (χ4v) is 1.73. The molecular weight excluding hydrogens is 188 g/mol. The van der Waals surface area contributed by atoms with Gasteiger partial charge in [-0.25, -0.2) is 0 Å². The number of nitrogens with one attached hydrogen (secondary N) is 1. The monoisotopic (exact) mass is 204 g/mol. The zero-order chi connectivity index (χ0) is 10.7. The van der Waals surface area contributed by atoms with Crippen molar-refractivity contribution in [3.8, 4) is 0 Å². The van der Waals surface area contributed by atoms with Crippen LogP contribution in [-0.2, 0) is 13.1 Å². The lowest BCUT2D eigenvalue weighted by atomic mass is 10.1. The summed E-state index contributed by atoms with van der Waals surface area (Å²) in [6.45, 7) is 4.42. The minimum absolute atomic E-state index is 0.519. The standard InChI is InChI=1S/C12H16N2O/c1-2-14-7-10-8-15-12-9(6-13)4-3-5-11(10)12/h3-5,8,14H,2,6-7,13H2,1H3. The highest BCUT2D eigenvalue weighted by Crippen LogP contribution is 2.24. The number of hydrogen-bond acceptors (Lipinski definition) is 3. The highest BCUT2D eigenvalue weighted by Gasteiger charge is 2.07. The molecule has 3 nitrogen and oxygen atoms in total. The Labute approximate surface area is 89.3 Å². The van der Waals surface area contributed by atoms with Crippen LogP contribution in [0.25, 0.3) is 11.0 Å². The van der Waals surface area contributed by atoms with Gasteiger partial charge in [0.1, 0.15) is 5.58 Å². The van der Waals surface area contributed by atoms with Crippen molar-refractivity contribution in [1.82, 2.24) is 5.32 Å². The summed E-state index contributed by atoms with van der Waals surface area (Å²) in [6, 6.07) is 6.10. The molecule has 0 saturated heterocycles. The second-order valence-electron chi connectivity index (χ2n) is 3.54. The number of rotatable bonds is 4. The molecule has 80 valence electrons. The second kappa shape index (κ2) is 4.47. The number of para-hydroxylation sites is 1. The average molecular weight is 204 g/mol. The Kier molecular flexibility index (Phi) is 3.04. The normalized spacial score (nSPS) is 11.1. The van der Waals surface area contributed by atoms with Gasteiger partial charge in [0, 0.05) is 29.6 Å². The summed E-state index contributed by atoms with van der Waals surface area (Å²) in [5.41, 5.74) is 8.84. The van der Waals surface area contributed by atoms with Gasteiger partial charge < -0.3 is 15.5 Å². The Morgan fingerprint density at radius 3 is 2.93 bits per heavy atom. The van der Waals surface area contributed by atoms with Gasteiger partial charge in [0.05, 0.1) is 6.26 Å². The minimum Gasteiger partial charge on any atom is -0.464 e. The Morgan fingerprint density at radius 1 is 1.33 bits per heavy atom. The number of fused-ring (bicyclic) bond motifs is 1. The van der Waals surface area contributed by atoms with Crippen LogP contribution in [0.2, 0.25) is 0 Å². The van der Waals surface area contributed by atoms with E-state index in [1.165, 1.54) is 10.9 Å². The molecule has 0 amide bonds. The van der Waals surface area contributed by atoms with Crippen LogP contribution < -0.4 is 11.1 Å². The molecule has 15 heavy (non-hydrogen) atoms. The molecule has 0 aliphatic rings. The van der Waals surface area contributed by atoms with E-state index in [1.54, 1.807) is 0 Å². The number of benzene rings is 1. The van der Waals surface area contributed by atoms with Gasteiger partial charge in [0.2, 0.25) is 0 Å². The fourth-order valence-electron chi connectivity index (χ4n) is 1.73. The molecule has 0 fully saturated rings. The van der Waals surface area contributed by atoms with E-state index in [2.05, 4.69) is 18.3 Å². The van der Waals surface area contributed by atoms with E-state index in [-0.39, 0.29) is 0 Å². The van der Waals surface area contributed by atoms with Crippen LogP contribution in [0.5, 0.6) is 0 Å². The molecule has 0 aliphatic carbocycles. The van der Waals surface area contributed by atoms with E-state index in [0.717, 1.165) is 24.2 Å². The van der Waals surface area contributed by atoms with Crippen molar-refractivity contribution >= 4 is 11.0 Å². The molecule has 0 radical (unpaired) electrons. The first-order chi connectivity index (χ1) is 7.36. The maximum absolute atomic E-state index is 5.65. The molecule has 3 N–H and O–H groups in total. The van der Waals surface area contributed by atoms with Gasteiger partial charge in [-0.05, 0) is 6.54 Å². The zero-order valence-electron chi connectivity index (χ0n) is 8.92. The lowest BCUT2D eigenvalue weighted by Gasteiger charge is -2.00. The molecule has 1 aromatic heterocycles. The fraction of sp³-hybridized carbons (Fsp3) is 0.333. The summed E-state index contributed by atoms with van der Waals surface area (Å²) in [6.07, 6.45) is 1.81. The Balaban J connectivity index is 2.42. The Bertz CT molecular complexity index is 448. The zero-order valence-corrected chi connectivity index (χ0v) is 8.92. The molecule has 0 saturated carbocycles. The summed E-state index contributed by atoms with van der Waals surface area (Å²) >= 11 is 0. The van der Waals surface area contributed by atoms with Gasteiger partial charge in [-0.15, -0.1) is 0 Å². The van der Waals surface area contributed by atoms with Gasteiger partial charge in [-0.3, -0.25) is 0 Å². The third kappa shape index (κ3) is 1.89. The van der Waals surface area contributed by atoms with E-state index >= 15 is 0 Å². The van der Waals surface area contributed by atoms with Crippen molar-refractivity contribution in [1.29, 1.82) is 0 Å². The molecule has 0 aliphatic heterocycles. The lowest BCUT2D eigenvalue weighted by molar-refractivity contribution is 0.600. The van der Waals surface area contributed by atoms with E-state index in [9.17, 15) is 0 Å². The number of nitrogens with two attached hydrogens (primary N) is 1. The van der Waals surface area contributed by atoms with Crippen molar-refractivity contribution < 1.29 is 4.42 Å². The van der Waals surface area contributed by atoms with Gasteiger partial charge in [0.15, 0.2) is 0 Å². The molecule has 2 aromatic rings. The van der Waals surface area contributed by atoms with Crippen LogP contribution in [0.1, 0.15) is 18.1 Å². The summed E-state index contributed by atoms with van der Waals surface area (Å²) < 4.78 is 5.55. The molecule has 0 spiro atoms. The largest absolute Gasteiger partial charge is 0.464 e. The quantitative estimate of drug-likeness (QED) is 0.801. The third-order valence-corrected chi connectivity index (χ3v) is 2.55.